The first-order valence-electron chi connectivity index (χ1n) is 8.11. The Morgan fingerprint density at radius 3 is 2.96 bits per heavy atom. The Labute approximate surface area is 142 Å². The Morgan fingerprint density at radius 2 is 2.12 bits per heavy atom. The Balaban J connectivity index is 1.56. The lowest BCUT2D eigenvalue weighted by Crippen LogP contribution is -2.15. The summed E-state index contributed by atoms with van der Waals surface area (Å²) in [6, 6.07) is 3.84. The van der Waals surface area contributed by atoms with Crippen LogP contribution in [0, 0.1) is 5.92 Å². The van der Waals surface area contributed by atoms with Gasteiger partial charge in [0, 0.05) is 29.8 Å². The Bertz CT molecular complexity index is 1050. The maximum absolute atomic E-state index is 6.12. The molecule has 24 heavy (non-hydrogen) atoms. The highest BCUT2D eigenvalue weighted by Gasteiger charge is 2.19. The average molecular weight is 339 g/mol. The van der Waals surface area contributed by atoms with Gasteiger partial charge in [0.2, 0.25) is 0 Å². The van der Waals surface area contributed by atoms with Gasteiger partial charge in [-0.25, -0.2) is 19.5 Å². The second-order valence-corrected chi connectivity index (χ2v) is 6.71. The van der Waals surface area contributed by atoms with E-state index in [1.54, 1.807) is 10.7 Å². The van der Waals surface area contributed by atoms with E-state index in [0.29, 0.717) is 5.15 Å². The van der Waals surface area contributed by atoms with Crippen molar-refractivity contribution in [2.24, 2.45) is 5.92 Å². The van der Waals surface area contributed by atoms with Crippen LogP contribution < -0.4 is 0 Å². The van der Waals surface area contributed by atoms with Gasteiger partial charge in [0.15, 0.2) is 10.8 Å². The van der Waals surface area contributed by atoms with Gasteiger partial charge < -0.3 is 4.98 Å². The maximum atomic E-state index is 6.12. The molecule has 0 saturated heterocycles. The molecule has 0 amide bonds. The first-order valence-corrected chi connectivity index (χ1v) is 8.49. The molecule has 6 nitrogen and oxygen atoms in total. The van der Waals surface area contributed by atoms with Crippen LogP contribution >= 0.6 is 11.6 Å². The van der Waals surface area contributed by atoms with Crippen LogP contribution in [0.15, 0.2) is 30.7 Å². The molecule has 0 radical (unpaired) electrons. The summed E-state index contributed by atoms with van der Waals surface area (Å²) in [6.07, 6.45) is 10.3. The summed E-state index contributed by atoms with van der Waals surface area (Å²) in [4.78, 5) is 16.7. The van der Waals surface area contributed by atoms with Crippen LogP contribution in [0.1, 0.15) is 25.1 Å². The van der Waals surface area contributed by atoms with E-state index in [9.17, 15) is 0 Å². The third-order valence-electron chi connectivity index (χ3n) is 4.77. The summed E-state index contributed by atoms with van der Waals surface area (Å²) in [7, 11) is 0. The average Bonchev–Trinajstić information content (AvgIpc) is 3.14. The molecule has 5 rings (SSSR count). The summed E-state index contributed by atoms with van der Waals surface area (Å²) >= 11 is 6.12. The van der Waals surface area contributed by atoms with Gasteiger partial charge in [-0.3, -0.25) is 0 Å². The maximum Gasteiger partial charge on any atom is 0.155 e. The SMILES string of the molecule is Clc1cnc2ccc(-c3c[nH]c4nc(CC5CCC5)ncc34)nn12. The number of H-pyrrole nitrogens is 1. The molecule has 1 aliphatic carbocycles. The number of aromatic nitrogens is 6. The molecule has 0 aromatic carbocycles. The first-order chi connectivity index (χ1) is 11.8. The van der Waals surface area contributed by atoms with Gasteiger partial charge >= 0.3 is 0 Å². The smallest absolute Gasteiger partial charge is 0.155 e. The van der Waals surface area contributed by atoms with Crippen LogP contribution in [-0.4, -0.2) is 29.5 Å². The fraction of sp³-hybridized carbons (Fsp3) is 0.294. The molecule has 7 heteroatoms. The van der Waals surface area contributed by atoms with E-state index < -0.39 is 0 Å². The normalized spacial score (nSPS) is 15.2. The number of rotatable bonds is 3. The number of imidazole rings is 1. The molecule has 120 valence electrons. The van der Waals surface area contributed by atoms with Gasteiger partial charge in [-0.05, 0) is 18.1 Å². The molecule has 4 heterocycles. The van der Waals surface area contributed by atoms with E-state index in [1.807, 2.05) is 24.5 Å². The van der Waals surface area contributed by atoms with Gasteiger partial charge in [-0.2, -0.15) is 5.10 Å². The van der Waals surface area contributed by atoms with E-state index >= 15 is 0 Å². The van der Waals surface area contributed by atoms with E-state index in [0.717, 1.165) is 46.1 Å². The van der Waals surface area contributed by atoms with E-state index in [-0.39, 0.29) is 0 Å². The molecule has 0 atom stereocenters. The third kappa shape index (κ3) is 2.17. The highest BCUT2D eigenvalue weighted by Crippen LogP contribution is 2.30. The number of fused-ring (bicyclic) bond motifs is 2. The van der Waals surface area contributed by atoms with Crippen LogP contribution in [-0.2, 0) is 6.42 Å². The molecule has 0 spiro atoms. The molecule has 4 aromatic heterocycles. The van der Waals surface area contributed by atoms with Crippen molar-refractivity contribution < 1.29 is 0 Å². The van der Waals surface area contributed by atoms with Crippen LogP contribution in [0.25, 0.3) is 27.9 Å². The van der Waals surface area contributed by atoms with E-state index in [4.69, 9.17) is 11.6 Å². The summed E-state index contributed by atoms with van der Waals surface area (Å²) in [5.41, 5.74) is 3.35. The fourth-order valence-electron chi connectivity index (χ4n) is 3.20. The van der Waals surface area contributed by atoms with Gasteiger partial charge in [0.1, 0.15) is 11.5 Å². The Kier molecular flexibility index (Phi) is 3.06. The number of nitrogens with zero attached hydrogens (tertiary/aromatic N) is 5. The molecular weight excluding hydrogens is 324 g/mol. The number of aromatic amines is 1. The minimum Gasteiger partial charge on any atom is -0.345 e. The zero-order valence-electron chi connectivity index (χ0n) is 12.9. The molecule has 1 N–H and O–H groups in total. The summed E-state index contributed by atoms with van der Waals surface area (Å²) in [6.45, 7) is 0. The molecular formula is C17H15ClN6. The summed E-state index contributed by atoms with van der Waals surface area (Å²) in [5, 5.41) is 6.03. The zero-order valence-corrected chi connectivity index (χ0v) is 13.7. The summed E-state index contributed by atoms with van der Waals surface area (Å²) in [5.74, 6) is 1.67. The quantitative estimate of drug-likeness (QED) is 0.618. The largest absolute Gasteiger partial charge is 0.345 e. The minimum atomic E-state index is 0.491. The Hall–Kier alpha value is -2.47. The zero-order chi connectivity index (χ0) is 16.1. The van der Waals surface area contributed by atoms with Crippen molar-refractivity contribution in [2.45, 2.75) is 25.7 Å². The lowest BCUT2D eigenvalue weighted by atomic mass is 9.83. The predicted octanol–water partition coefficient (Wildman–Crippen LogP) is 3.66. The number of hydrogen-bond donors (Lipinski definition) is 1. The molecule has 1 fully saturated rings. The second kappa shape index (κ2) is 5.27. The van der Waals surface area contributed by atoms with Crippen LogP contribution in [0.4, 0.5) is 0 Å². The van der Waals surface area contributed by atoms with Gasteiger partial charge in [-0.1, -0.05) is 30.9 Å². The minimum absolute atomic E-state index is 0.491. The lowest BCUT2D eigenvalue weighted by molar-refractivity contribution is 0.309. The predicted molar refractivity (Wildman–Crippen MR) is 91.9 cm³/mol. The molecule has 0 bridgehead atoms. The van der Waals surface area contributed by atoms with Crippen molar-refractivity contribution in [2.75, 3.05) is 0 Å². The molecule has 0 unspecified atom stereocenters. The number of hydrogen-bond acceptors (Lipinski definition) is 4. The Morgan fingerprint density at radius 1 is 1.21 bits per heavy atom. The monoisotopic (exact) mass is 338 g/mol. The second-order valence-electron chi connectivity index (χ2n) is 6.32. The van der Waals surface area contributed by atoms with Crippen LogP contribution in [0.5, 0.6) is 0 Å². The van der Waals surface area contributed by atoms with Gasteiger partial charge in [0.05, 0.1) is 11.9 Å². The molecule has 1 aliphatic rings. The molecule has 0 aliphatic heterocycles. The lowest BCUT2D eigenvalue weighted by Gasteiger charge is -2.24. The van der Waals surface area contributed by atoms with Crippen LogP contribution in [0.2, 0.25) is 5.15 Å². The van der Waals surface area contributed by atoms with Crippen molar-refractivity contribution in [1.82, 2.24) is 29.5 Å². The van der Waals surface area contributed by atoms with Crippen molar-refractivity contribution in [3.05, 3.63) is 41.7 Å². The highest BCUT2D eigenvalue weighted by atomic mass is 35.5. The fourth-order valence-corrected chi connectivity index (χ4v) is 3.37. The van der Waals surface area contributed by atoms with Crippen molar-refractivity contribution in [3.8, 4) is 11.3 Å². The summed E-state index contributed by atoms with van der Waals surface area (Å²) < 4.78 is 1.63. The van der Waals surface area contributed by atoms with Crippen molar-refractivity contribution in [3.63, 3.8) is 0 Å². The highest BCUT2D eigenvalue weighted by molar-refractivity contribution is 6.29. The molecule has 1 saturated carbocycles. The van der Waals surface area contributed by atoms with E-state index in [2.05, 4.69) is 25.0 Å². The van der Waals surface area contributed by atoms with Crippen molar-refractivity contribution in [1.29, 1.82) is 0 Å². The van der Waals surface area contributed by atoms with E-state index in [1.165, 1.54) is 19.3 Å². The topological polar surface area (TPSA) is 71.8 Å². The standard InChI is InChI=1S/C17H15ClN6/c18-14-9-20-16-5-4-13(23-24(14)16)11-7-21-17-12(11)8-19-15(22-17)6-10-2-1-3-10/h4-5,7-10H,1-3,6H2,(H,19,21,22). The number of nitrogens with one attached hydrogen (secondary N) is 1. The first kappa shape index (κ1) is 13.9. The number of halogens is 1. The molecule has 4 aromatic rings. The van der Waals surface area contributed by atoms with Crippen molar-refractivity contribution >= 4 is 28.3 Å². The van der Waals surface area contributed by atoms with Crippen LogP contribution in [0.3, 0.4) is 0 Å². The van der Waals surface area contributed by atoms with Gasteiger partial charge in [0.25, 0.3) is 0 Å². The third-order valence-corrected chi connectivity index (χ3v) is 5.03. The van der Waals surface area contributed by atoms with Gasteiger partial charge in [-0.15, -0.1) is 0 Å².